The number of aryl methyl sites for hydroxylation is 2. The number of hydrogen-bond acceptors (Lipinski definition) is 1. The fourth-order valence-corrected chi connectivity index (χ4v) is 1.45. The van der Waals surface area contributed by atoms with Gasteiger partial charge < -0.3 is 0 Å². The summed E-state index contributed by atoms with van der Waals surface area (Å²) >= 11 is 5.98. The Morgan fingerprint density at radius 3 is 2.92 bits per heavy atom. The molecule has 0 spiro atoms. The van der Waals surface area contributed by atoms with Gasteiger partial charge in [-0.25, -0.2) is 0 Å². The molecule has 0 aliphatic rings. The van der Waals surface area contributed by atoms with Crippen molar-refractivity contribution in [3.8, 4) is 0 Å². The van der Waals surface area contributed by atoms with Gasteiger partial charge in [-0.05, 0) is 24.6 Å². The van der Waals surface area contributed by atoms with Crippen molar-refractivity contribution < 1.29 is 0 Å². The van der Waals surface area contributed by atoms with Crippen molar-refractivity contribution in [1.29, 1.82) is 0 Å². The molecule has 0 aliphatic carbocycles. The Balaban J connectivity index is 2.87. The molecule has 0 unspecified atom stereocenters. The van der Waals surface area contributed by atoms with Crippen molar-refractivity contribution >= 4 is 22.5 Å². The summed E-state index contributed by atoms with van der Waals surface area (Å²) in [5.74, 6) is 0. The fourth-order valence-electron chi connectivity index (χ4n) is 1.29. The third-order valence-electron chi connectivity index (χ3n) is 2.03. The lowest BCUT2D eigenvalue weighted by Crippen LogP contribution is -1.88. The predicted octanol–water partition coefficient (Wildman–Crippen LogP) is 2.54. The number of fused-ring (bicyclic) bond motifs is 1. The summed E-state index contributed by atoms with van der Waals surface area (Å²) in [6, 6.07) is 3.99. The van der Waals surface area contributed by atoms with Crippen LogP contribution in [0.15, 0.2) is 18.3 Å². The molecule has 2 aromatic rings. The second-order valence-electron chi connectivity index (χ2n) is 2.93. The van der Waals surface area contributed by atoms with Crippen molar-refractivity contribution in [3.05, 3.63) is 28.9 Å². The molecule has 0 atom stereocenters. The minimum absolute atomic E-state index is 0.797. The molecule has 0 fully saturated rings. The Bertz CT molecular complexity index is 431. The lowest BCUT2D eigenvalue weighted by Gasteiger charge is -1.98. The lowest BCUT2D eigenvalue weighted by molar-refractivity contribution is 0.797. The topological polar surface area (TPSA) is 17.8 Å². The van der Waals surface area contributed by atoms with E-state index in [1.807, 2.05) is 37.0 Å². The smallest absolute Gasteiger partial charge is 0.0694 e. The van der Waals surface area contributed by atoms with E-state index in [0.717, 1.165) is 21.5 Å². The minimum atomic E-state index is 0.797. The maximum absolute atomic E-state index is 5.98. The van der Waals surface area contributed by atoms with E-state index in [1.54, 1.807) is 0 Å². The summed E-state index contributed by atoms with van der Waals surface area (Å²) in [5, 5.41) is 6.07. The van der Waals surface area contributed by atoms with Crippen molar-refractivity contribution in [3.63, 3.8) is 0 Å². The van der Waals surface area contributed by atoms with E-state index in [-0.39, 0.29) is 0 Å². The molecule has 0 aliphatic heterocycles. The summed E-state index contributed by atoms with van der Waals surface area (Å²) in [6.45, 7) is 1.99. The highest BCUT2D eigenvalue weighted by Crippen LogP contribution is 2.22. The van der Waals surface area contributed by atoms with Crippen LogP contribution in [0, 0.1) is 6.92 Å². The molecule has 2 rings (SSSR count). The molecule has 1 aromatic carbocycles. The van der Waals surface area contributed by atoms with Crippen LogP contribution in [0.4, 0.5) is 0 Å². The van der Waals surface area contributed by atoms with Gasteiger partial charge in [0.05, 0.1) is 11.7 Å². The van der Waals surface area contributed by atoms with Crippen LogP contribution in [0.3, 0.4) is 0 Å². The number of aromatic nitrogens is 2. The molecule has 0 bridgehead atoms. The Labute approximate surface area is 75.8 Å². The summed E-state index contributed by atoms with van der Waals surface area (Å²) < 4.78 is 1.82. The summed E-state index contributed by atoms with van der Waals surface area (Å²) in [7, 11) is 1.91. The average Bonchev–Trinajstić information content (AvgIpc) is 2.35. The molecule has 12 heavy (non-hydrogen) atoms. The quantitative estimate of drug-likeness (QED) is 0.609. The SMILES string of the molecule is Cc1cc2cnn(C)c2cc1Cl. The van der Waals surface area contributed by atoms with Crippen LogP contribution >= 0.6 is 11.6 Å². The van der Waals surface area contributed by atoms with Gasteiger partial charge in [0.15, 0.2) is 0 Å². The largest absolute Gasteiger partial charge is 0.268 e. The second-order valence-corrected chi connectivity index (χ2v) is 3.34. The maximum Gasteiger partial charge on any atom is 0.0694 e. The van der Waals surface area contributed by atoms with Crippen molar-refractivity contribution in [1.82, 2.24) is 9.78 Å². The van der Waals surface area contributed by atoms with Gasteiger partial charge in [0.1, 0.15) is 0 Å². The van der Waals surface area contributed by atoms with Crippen LogP contribution in [0.5, 0.6) is 0 Å². The molecule has 0 saturated carbocycles. The zero-order valence-corrected chi connectivity index (χ0v) is 7.76. The van der Waals surface area contributed by atoms with Gasteiger partial charge in [0, 0.05) is 17.5 Å². The van der Waals surface area contributed by atoms with Crippen LogP contribution < -0.4 is 0 Å². The van der Waals surface area contributed by atoms with E-state index >= 15 is 0 Å². The number of hydrogen-bond donors (Lipinski definition) is 0. The van der Waals surface area contributed by atoms with E-state index in [9.17, 15) is 0 Å². The summed E-state index contributed by atoms with van der Waals surface area (Å²) in [4.78, 5) is 0. The van der Waals surface area contributed by atoms with Crippen molar-refractivity contribution in [2.24, 2.45) is 7.05 Å². The van der Waals surface area contributed by atoms with E-state index in [4.69, 9.17) is 11.6 Å². The molecule has 2 nitrogen and oxygen atoms in total. The molecule has 3 heteroatoms. The highest BCUT2D eigenvalue weighted by Gasteiger charge is 2.02. The number of rotatable bonds is 0. The number of nitrogens with zero attached hydrogens (tertiary/aromatic N) is 2. The highest BCUT2D eigenvalue weighted by atomic mass is 35.5. The first kappa shape index (κ1) is 7.62. The van der Waals surface area contributed by atoms with Gasteiger partial charge in [-0.2, -0.15) is 5.10 Å². The van der Waals surface area contributed by atoms with Gasteiger partial charge >= 0.3 is 0 Å². The Kier molecular flexibility index (Phi) is 1.58. The first-order chi connectivity index (χ1) is 5.68. The van der Waals surface area contributed by atoms with Crippen molar-refractivity contribution in [2.75, 3.05) is 0 Å². The molecule has 0 saturated heterocycles. The zero-order chi connectivity index (χ0) is 8.72. The fraction of sp³-hybridized carbons (Fsp3) is 0.222. The Morgan fingerprint density at radius 1 is 1.42 bits per heavy atom. The van der Waals surface area contributed by atoms with Crippen LogP contribution in [0.2, 0.25) is 5.02 Å². The molecule has 0 amide bonds. The van der Waals surface area contributed by atoms with Gasteiger partial charge in [0.2, 0.25) is 0 Å². The van der Waals surface area contributed by atoms with E-state index in [0.29, 0.717) is 0 Å². The van der Waals surface area contributed by atoms with E-state index < -0.39 is 0 Å². The molecule has 62 valence electrons. The van der Waals surface area contributed by atoms with Gasteiger partial charge in [-0.3, -0.25) is 4.68 Å². The van der Waals surface area contributed by atoms with Gasteiger partial charge in [-0.15, -0.1) is 0 Å². The maximum atomic E-state index is 5.98. The third kappa shape index (κ3) is 0.994. The molecule has 1 aromatic heterocycles. The standard InChI is InChI=1S/C9H9ClN2/c1-6-3-7-5-11-12(2)9(7)4-8(6)10/h3-5H,1-2H3. The van der Waals surface area contributed by atoms with E-state index in [2.05, 4.69) is 5.10 Å². The van der Waals surface area contributed by atoms with Crippen LogP contribution in [-0.4, -0.2) is 9.78 Å². The van der Waals surface area contributed by atoms with Crippen LogP contribution in [-0.2, 0) is 7.05 Å². The highest BCUT2D eigenvalue weighted by molar-refractivity contribution is 6.32. The minimum Gasteiger partial charge on any atom is -0.268 e. The Hall–Kier alpha value is -1.02. The normalized spacial score (nSPS) is 10.9. The molecular weight excluding hydrogens is 172 g/mol. The second kappa shape index (κ2) is 2.49. The zero-order valence-electron chi connectivity index (χ0n) is 7.00. The first-order valence-corrected chi connectivity index (χ1v) is 4.14. The number of halogens is 1. The van der Waals surface area contributed by atoms with Crippen LogP contribution in [0.1, 0.15) is 5.56 Å². The van der Waals surface area contributed by atoms with Gasteiger partial charge in [-0.1, -0.05) is 11.6 Å². The van der Waals surface area contributed by atoms with Crippen LogP contribution in [0.25, 0.3) is 10.9 Å². The average molecular weight is 181 g/mol. The summed E-state index contributed by atoms with van der Waals surface area (Å²) in [6.07, 6.45) is 1.85. The van der Waals surface area contributed by atoms with Crippen molar-refractivity contribution in [2.45, 2.75) is 6.92 Å². The monoisotopic (exact) mass is 180 g/mol. The molecule has 1 heterocycles. The molecule has 0 radical (unpaired) electrons. The Morgan fingerprint density at radius 2 is 2.17 bits per heavy atom. The third-order valence-corrected chi connectivity index (χ3v) is 2.43. The molecule has 0 N–H and O–H groups in total. The number of benzene rings is 1. The predicted molar refractivity (Wildman–Crippen MR) is 50.5 cm³/mol. The lowest BCUT2D eigenvalue weighted by atomic mass is 10.2. The molecular formula is C9H9ClN2. The first-order valence-electron chi connectivity index (χ1n) is 3.76. The van der Waals surface area contributed by atoms with Gasteiger partial charge in [0.25, 0.3) is 0 Å². The van der Waals surface area contributed by atoms with E-state index in [1.165, 1.54) is 0 Å². The summed E-state index contributed by atoms with van der Waals surface area (Å²) in [5.41, 5.74) is 2.17.